The number of rotatable bonds is 8. The second-order valence-corrected chi connectivity index (χ2v) is 5.50. The lowest BCUT2D eigenvalue weighted by Crippen LogP contribution is -2.40. The average Bonchev–Trinajstić information content (AvgIpc) is 3.34. The van der Waals surface area contributed by atoms with Gasteiger partial charge < -0.3 is 19.7 Å². The number of hydrogen-bond acceptors (Lipinski definition) is 5. The van der Waals surface area contributed by atoms with E-state index in [0.29, 0.717) is 0 Å². The van der Waals surface area contributed by atoms with Gasteiger partial charge in [0, 0.05) is 19.2 Å². The maximum Gasteiger partial charge on any atom is 0.344 e. The van der Waals surface area contributed by atoms with Gasteiger partial charge in [0.2, 0.25) is 5.91 Å². The van der Waals surface area contributed by atoms with Gasteiger partial charge in [0.15, 0.2) is 13.2 Å². The number of ether oxygens (including phenoxy) is 2. The first kappa shape index (κ1) is 17.7. The molecular weight excluding hydrogens is 319 g/mol. The average molecular weight is 338 g/mol. The zero-order chi connectivity index (χ0) is 17.5. The normalized spacial score (nSPS) is 13.1. The molecule has 2 amide bonds. The predicted octanol–water partition coefficient (Wildman–Crippen LogP) is 0.485. The number of benzene rings is 1. The monoisotopic (exact) mass is 338 g/mol. The van der Waals surface area contributed by atoms with Crippen molar-refractivity contribution in [2.75, 3.05) is 26.8 Å². The first-order valence-electron chi connectivity index (χ1n) is 7.51. The molecule has 1 N–H and O–H groups in total. The number of carbonyl (C=O) groups excluding carboxylic acids is 3. The van der Waals surface area contributed by atoms with Crippen molar-refractivity contribution in [1.29, 1.82) is 0 Å². The molecule has 1 fully saturated rings. The van der Waals surface area contributed by atoms with Gasteiger partial charge in [-0.25, -0.2) is 9.18 Å². The van der Waals surface area contributed by atoms with Gasteiger partial charge in [-0.2, -0.15) is 0 Å². The van der Waals surface area contributed by atoms with Crippen molar-refractivity contribution in [2.45, 2.75) is 18.9 Å². The number of carbonyl (C=O) groups is 3. The van der Waals surface area contributed by atoms with Crippen LogP contribution >= 0.6 is 0 Å². The summed E-state index contributed by atoms with van der Waals surface area (Å²) in [5.74, 6) is -1.80. The molecule has 1 aromatic carbocycles. The van der Waals surface area contributed by atoms with E-state index in [4.69, 9.17) is 9.47 Å². The predicted molar refractivity (Wildman–Crippen MR) is 81.7 cm³/mol. The molecule has 1 aliphatic carbocycles. The minimum Gasteiger partial charge on any atom is -0.482 e. The van der Waals surface area contributed by atoms with Gasteiger partial charge in [-0.3, -0.25) is 9.59 Å². The summed E-state index contributed by atoms with van der Waals surface area (Å²) in [5.41, 5.74) is 0. The van der Waals surface area contributed by atoms with Crippen LogP contribution in [0.15, 0.2) is 24.3 Å². The number of nitrogens with zero attached hydrogens (tertiary/aromatic N) is 1. The van der Waals surface area contributed by atoms with Crippen LogP contribution in [0.4, 0.5) is 4.39 Å². The quantitative estimate of drug-likeness (QED) is 0.697. The summed E-state index contributed by atoms with van der Waals surface area (Å²) in [4.78, 5) is 36.0. The fraction of sp³-hybridized carbons (Fsp3) is 0.438. The first-order valence-corrected chi connectivity index (χ1v) is 7.51. The number of amides is 2. The van der Waals surface area contributed by atoms with Crippen LogP contribution in [-0.2, 0) is 19.1 Å². The van der Waals surface area contributed by atoms with Crippen LogP contribution in [0.5, 0.6) is 5.75 Å². The van der Waals surface area contributed by atoms with E-state index < -0.39 is 30.9 Å². The van der Waals surface area contributed by atoms with Crippen molar-refractivity contribution in [2.24, 2.45) is 0 Å². The van der Waals surface area contributed by atoms with E-state index in [1.807, 2.05) is 0 Å². The summed E-state index contributed by atoms with van der Waals surface area (Å²) < 4.78 is 22.8. The van der Waals surface area contributed by atoms with Crippen LogP contribution in [0.1, 0.15) is 12.8 Å². The summed E-state index contributed by atoms with van der Waals surface area (Å²) in [6.07, 6.45) is 1.93. The standard InChI is InChI=1S/C16H19FN2O5/c1-19(8-14(20)18-12-5-6-12)15(21)9-24-16(22)10-23-13-4-2-3-11(17)7-13/h2-4,7,12H,5-6,8-10H2,1H3,(H,18,20). The Hall–Kier alpha value is -2.64. The zero-order valence-corrected chi connectivity index (χ0v) is 13.3. The maximum atomic E-state index is 12.9. The molecule has 24 heavy (non-hydrogen) atoms. The number of likely N-dealkylation sites (N-methyl/N-ethyl adjacent to an activating group) is 1. The van der Waals surface area contributed by atoms with E-state index >= 15 is 0 Å². The molecule has 0 unspecified atom stereocenters. The number of halogens is 1. The van der Waals surface area contributed by atoms with Crippen molar-refractivity contribution < 1.29 is 28.2 Å². The van der Waals surface area contributed by atoms with Gasteiger partial charge in [-0.1, -0.05) is 6.07 Å². The van der Waals surface area contributed by atoms with E-state index in [1.54, 1.807) is 0 Å². The zero-order valence-electron chi connectivity index (χ0n) is 13.3. The van der Waals surface area contributed by atoms with E-state index in [-0.39, 0.29) is 24.2 Å². The van der Waals surface area contributed by atoms with Crippen LogP contribution in [0.3, 0.4) is 0 Å². The molecule has 130 valence electrons. The van der Waals surface area contributed by atoms with E-state index in [2.05, 4.69) is 5.32 Å². The second kappa shape index (κ2) is 8.28. The lowest BCUT2D eigenvalue weighted by molar-refractivity contribution is -0.153. The van der Waals surface area contributed by atoms with E-state index in [9.17, 15) is 18.8 Å². The molecule has 0 aromatic heterocycles. The van der Waals surface area contributed by atoms with Crippen molar-refractivity contribution in [3.63, 3.8) is 0 Å². The molecule has 0 spiro atoms. The van der Waals surface area contributed by atoms with Gasteiger partial charge >= 0.3 is 5.97 Å². The molecule has 8 heteroatoms. The number of hydrogen-bond donors (Lipinski definition) is 1. The van der Waals surface area contributed by atoms with Gasteiger partial charge in [-0.15, -0.1) is 0 Å². The molecule has 1 saturated carbocycles. The third-order valence-corrected chi connectivity index (χ3v) is 3.26. The first-order chi connectivity index (χ1) is 11.4. The van der Waals surface area contributed by atoms with Crippen LogP contribution < -0.4 is 10.1 Å². The Morgan fingerprint density at radius 2 is 2.04 bits per heavy atom. The van der Waals surface area contributed by atoms with Crippen molar-refractivity contribution >= 4 is 17.8 Å². The Kier molecular flexibility index (Phi) is 6.11. The van der Waals surface area contributed by atoms with Gasteiger partial charge in [0.1, 0.15) is 11.6 Å². The molecule has 0 radical (unpaired) electrons. The van der Waals surface area contributed by atoms with Gasteiger partial charge in [0.25, 0.3) is 5.91 Å². The number of nitrogens with one attached hydrogen (secondary N) is 1. The lowest BCUT2D eigenvalue weighted by Gasteiger charge is -2.16. The molecule has 0 aliphatic heterocycles. The highest BCUT2D eigenvalue weighted by molar-refractivity contribution is 5.86. The Labute approximate surface area is 138 Å². The second-order valence-electron chi connectivity index (χ2n) is 5.50. The third-order valence-electron chi connectivity index (χ3n) is 3.26. The Morgan fingerprint density at radius 3 is 2.71 bits per heavy atom. The summed E-state index contributed by atoms with van der Waals surface area (Å²) in [7, 11) is 1.45. The van der Waals surface area contributed by atoms with Crippen LogP contribution in [0.25, 0.3) is 0 Å². The van der Waals surface area contributed by atoms with Crippen LogP contribution in [-0.4, -0.2) is 55.5 Å². The molecule has 0 atom stereocenters. The lowest BCUT2D eigenvalue weighted by atomic mass is 10.3. The molecule has 0 bridgehead atoms. The maximum absolute atomic E-state index is 12.9. The van der Waals surface area contributed by atoms with Crippen molar-refractivity contribution in [3.05, 3.63) is 30.1 Å². The molecule has 0 saturated heterocycles. The van der Waals surface area contributed by atoms with Gasteiger partial charge in [-0.05, 0) is 25.0 Å². The van der Waals surface area contributed by atoms with Crippen molar-refractivity contribution in [1.82, 2.24) is 10.2 Å². The summed E-state index contributed by atoms with van der Waals surface area (Å²) in [6.45, 7) is -1.02. The summed E-state index contributed by atoms with van der Waals surface area (Å²) in [6, 6.07) is 5.54. The van der Waals surface area contributed by atoms with Crippen molar-refractivity contribution in [3.8, 4) is 5.75 Å². The molecule has 7 nitrogen and oxygen atoms in total. The Morgan fingerprint density at radius 1 is 1.29 bits per heavy atom. The van der Waals surface area contributed by atoms with E-state index in [1.165, 1.54) is 30.1 Å². The van der Waals surface area contributed by atoms with Crippen LogP contribution in [0.2, 0.25) is 0 Å². The molecule has 1 aliphatic rings. The fourth-order valence-electron chi connectivity index (χ4n) is 1.80. The minimum atomic E-state index is -0.761. The fourth-order valence-corrected chi connectivity index (χ4v) is 1.80. The molecular formula is C16H19FN2O5. The third kappa shape index (κ3) is 6.23. The highest BCUT2D eigenvalue weighted by Gasteiger charge is 2.24. The molecule has 1 aromatic rings. The van der Waals surface area contributed by atoms with Gasteiger partial charge in [0.05, 0.1) is 6.54 Å². The number of esters is 1. The molecule has 0 heterocycles. The van der Waals surface area contributed by atoms with Crippen LogP contribution in [0, 0.1) is 5.82 Å². The van der Waals surface area contributed by atoms with E-state index in [0.717, 1.165) is 18.9 Å². The topological polar surface area (TPSA) is 84.9 Å². The largest absolute Gasteiger partial charge is 0.482 e. The SMILES string of the molecule is CN(CC(=O)NC1CC1)C(=O)COC(=O)COc1cccc(F)c1. The highest BCUT2D eigenvalue weighted by Crippen LogP contribution is 2.18. The molecule has 2 rings (SSSR count). The minimum absolute atomic E-state index is 0.0906. The summed E-state index contributed by atoms with van der Waals surface area (Å²) in [5, 5.41) is 2.76. The summed E-state index contributed by atoms with van der Waals surface area (Å²) >= 11 is 0. The highest BCUT2D eigenvalue weighted by atomic mass is 19.1. The Balaban J connectivity index is 1.64. The smallest absolute Gasteiger partial charge is 0.344 e. The Bertz CT molecular complexity index is 618.